The number of nitrogens with one attached hydrogen (secondary N) is 1. The first-order chi connectivity index (χ1) is 17.4. The number of carbonyl (C=O) groups is 6. The van der Waals surface area contributed by atoms with Crippen molar-refractivity contribution in [3.63, 3.8) is 0 Å². The van der Waals surface area contributed by atoms with Gasteiger partial charge in [-0.2, -0.15) is 0 Å². The zero-order chi connectivity index (χ0) is 27.4. The molecule has 13 heteroatoms. The second-order valence-electron chi connectivity index (χ2n) is 8.24. The van der Waals surface area contributed by atoms with E-state index in [4.69, 9.17) is 29.1 Å². The van der Waals surface area contributed by atoms with Crippen molar-refractivity contribution in [2.24, 2.45) is 0 Å². The Bertz CT molecular complexity index is 1150. The lowest BCUT2D eigenvalue weighted by atomic mass is 9.88. The molecule has 1 fully saturated rings. The van der Waals surface area contributed by atoms with Crippen LogP contribution in [0.15, 0.2) is 24.3 Å². The zero-order valence-electron chi connectivity index (χ0n) is 20.4. The van der Waals surface area contributed by atoms with Gasteiger partial charge in [-0.25, -0.2) is 0 Å². The van der Waals surface area contributed by atoms with Gasteiger partial charge in [0.05, 0.1) is 0 Å². The van der Waals surface area contributed by atoms with Crippen LogP contribution in [0.3, 0.4) is 0 Å². The normalized spacial score (nSPS) is 27.1. The van der Waals surface area contributed by atoms with Crippen molar-refractivity contribution in [1.82, 2.24) is 0 Å². The maximum atomic E-state index is 13.2. The van der Waals surface area contributed by atoms with E-state index in [0.717, 1.165) is 27.7 Å². The van der Waals surface area contributed by atoms with Crippen LogP contribution >= 0.6 is 11.8 Å². The van der Waals surface area contributed by atoms with Crippen molar-refractivity contribution in [2.75, 3.05) is 6.61 Å². The Morgan fingerprint density at radius 3 is 1.95 bits per heavy atom. The van der Waals surface area contributed by atoms with Gasteiger partial charge >= 0.3 is 23.9 Å². The number of fused-ring (bicyclic) bond motifs is 1. The molecule has 37 heavy (non-hydrogen) atoms. The highest BCUT2D eigenvalue weighted by Crippen LogP contribution is 2.38. The lowest BCUT2D eigenvalue weighted by molar-refractivity contribution is -0.237. The first-order valence-electron chi connectivity index (χ1n) is 11.1. The van der Waals surface area contributed by atoms with Gasteiger partial charge in [0.25, 0.3) is 0 Å². The number of benzene rings is 1. The summed E-state index contributed by atoms with van der Waals surface area (Å²) in [4.78, 5) is 73.3. The van der Waals surface area contributed by atoms with Gasteiger partial charge in [0.1, 0.15) is 29.1 Å². The zero-order valence-corrected chi connectivity index (χ0v) is 21.2. The van der Waals surface area contributed by atoms with E-state index in [2.05, 4.69) is 0 Å². The van der Waals surface area contributed by atoms with Gasteiger partial charge in [-0.05, 0) is 0 Å². The number of hydrogen-bond acceptors (Lipinski definition) is 13. The van der Waals surface area contributed by atoms with Crippen LogP contribution in [0.4, 0.5) is 0 Å². The Balaban J connectivity index is 2.02. The molecule has 0 spiro atoms. The monoisotopic (exact) mass is 535 g/mol. The summed E-state index contributed by atoms with van der Waals surface area (Å²) in [5.74, 6) is -4.26. The van der Waals surface area contributed by atoms with Crippen molar-refractivity contribution >= 4 is 52.9 Å². The number of rotatable bonds is 7. The lowest BCUT2D eigenvalue weighted by Gasteiger charge is -2.44. The van der Waals surface area contributed by atoms with Gasteiger partial charge in [0, 0.05) is 38.8 Å². The van der Waals surface area contributed by atoms with Crippen LogP contribution in [-0.4, -0.2) is 82.9 Å². The van der Waals surface area contributed by atoms with Crippen LogP contribution in [0.1, 0.15) is 48.4 Å². The summed E-state index contributed by atoms with van der Waals surface area (Å²) in [5.41, 5.74) is -1.60. The second-order valence-corrected chi connectivity index (χ2v) is 9.44. The Labute approximate surface area is 215 Å². The molecule has 1 aromatic rings. The predicted molar refractivity (Wildman–Crippen MR) is 126 cm³/mol. The number of carbonyl (C=O) groups excluding carboxylic acids is 6. The first kappa shape index (κ1) is 28.0. The fourth-order valence-electron chi connectivity index (χ4n) is 3.99. The highest BCUT2D eigenvalue weighted by molar-refractivity contribution is 8.02. The van der Waals surface area contributed by atoms with E-state index in [9.17, 15) is 28.8 Å². The molecule has 1 N–H and O–H groups in total. The highest BCUT2D eigenvalue weighted by atomic mass is 32.2. The minimum absolute atomic E-state index is 0.0934. The molecule has 0 radical (unpaired) electrons. The van der Waals surface area contributed by atoms with Crippen molar-refractivity contribution in [3.8, 4) is 0 Å². The summed E-state index contributed by atoms with van der Waals surface area (Å²) in [6.45, 7) is 3.98. The summed E-state index contributed by atoms with van der Waals surface area (Å²) >= 11 is 0.698. The molecule has 1 aromatic carbocycles. The molecular formula is C24H25NO11S. The smallest absolute Gasteiger partial charge is 0.303 e. The molecule has 0 saturated carbocycles. The molecule has 2 aliphatic rings. The van der Waals surface area contributed by atoms with E-state index in [1.165, 1.54) is 12.1 Å². The highest BCUT2D eigenvalue weighted by Gasteiger charge is 2.54. The van der Waals surface area contributed by atoms with Gasteiger partial charge in [-0.15, -0.1) is 11.8 Å². The van der Waals surface area contributed by atoms with Gasteiger partial charge in [-0.3, -0.25) is 34.2 Å². The third-order valence-electron chi connectivity index (χ3n) is 5.40. The van der Waals surface area contributed by atoms with E-state index in [-0.39, 0.29) is 11.1 Å². The van der Waals surface area contributed by atoms with Crippen LogP contribution in [0.25, 0.3) is 0 Å². The molecular weight excluding hydrogens is 510 g/mol. The standard InChI is InChI=1S/C24H25NO11S/c1-10(26)32-9-16-20(33-11(2)27)21(34-12(3)28)22(35-13(4)29)24(36-16)37-23-17(25)18(30)14-7-5-6-8-15(14)19(23)31/h5-8,16,20-25H,9H2,1-4H3. The topological polar surface area (TPSA) is 172 Å². The number of Topliss-reactive ketones (excluding diaryl/α,β-unsaturated/α-hetero) is 2. The fourth-order valence-corrected chi connectivity index (χ4v) is 5.33. The molecule has 0 bridgehead atoms. The molecule has 3 rings (SSSR count). The lowest BCUT2D eigenvalue weighted by Crippen LogP contribution is -2.62. The summed E-state index contributed by atoms with van der Waals surface area (Å²) in [5, 5.41) is 7.00. The molecule has 6 atom stereocenters. The molecule has 1 aliphatic carbocycles. The average Bonchev–Trinajstić information content (AvgIpc) is 2.81. The van der Waals surface area contributed by atoms with E-state index in [1.54, 1.807) is 12.1 Å². The van der Waals surface area contributed by atoms with Crippen molar-refractivity contribution < 1.29 is 52.5 Å². The third-order valence-corrected chi connectivity index (χ3v) is 6.77. The van der Waals surface area contributed by atoms with Gasteiger partial charge in [-0.1, -0.05) is 24.3 Å². The number of thioether (sulfide) groups is 1. The first-order valence-corrected chi connectivity index (χ1v) is 12.1. The van der Waals surface area contributed by atoms with Crippen molar-refractivity contribution in [1.29, 1.82) is 5.41 Å². The van der Waals surface area contributed by atoms with Crippen molar-refractivity contribution in [3.05, 3.63) is 35.4 Å². The molecule has 6 unspecified atom stereocenters. The summed E-state index contributed by atoms with van der Waals surface area (Å²) in [6, 6.07) is 6.06. The third kappa shape index (κ3) is 6.41. The SMILES string of the molecule is CC(=O)OCC1OC(SC2C(=N)C(=O)c3ccccc3C2=O)C(OC(C)=O)C(OC(C)=O)C1OC(C)=O. The van der Waals surface area contributed by atoms with Crippen LogP contribution in [0.2, 0.25) is 0 Å². The molecule has 1 aliphatic heterocycles. The molecule has 0 amide bonds. The van der Waals surface area contributed by atoms with Gasteiger partial charge < -0.3 is 23.7 Å². The Kier molecular flexibility index (Phi) is 8.81. The van der Waals surface area contributed by atoms with Crippen LogP contribution in [-0.2, 0) is 42.9 Å². The second kappa shape index (κ2) is 11.6. The maximum absolute atomic E-state index is 13.2. The Hall–Kier alpha value is -3.58. The quantitative estimate of drug-likeness (QED) is 0.392. The van der Waals surface area contributed by atoms with Crippen LogP contribution in [0, 0.1) is 5.41 Å². The van der Waals surface area contributed by atoms with E-state index in [0.29, 0.717) is 11.8 Å². The predicted octanol–water partition coefficient (Wildman–Crippen LogP) is 1.27. The van der Waals surface area contributed by atoms with E-state index >= 15 is 0 Å². The maximum Gasteiger partial charge on any atom is 0.303 e. The molecule has 0 aromatic heterocycles. The largest absolute Gasteiger partial charge is 0.463 e. The molecule has 1 heterocycles. The summed E-state index contributed by atoms with van der Waals surface area (Å²) in [7, 11) is 0. The Morgan fingerprint density at radius 2 is 1.38 bits per heavy atom. The number of ether oxygens (including phenoxy) is 5. The van der Waals surface area contributed by atoms with E-state index in [1.807, 2.05) is 0 Å². The summed E-state index contributed by atoms with van der Waals surface area (Å²) in [6.07, 6.45) is -5.41. The number of ketones is 2. The van der Waals surface area contributed by atoms with Crippen LogP contribution in [0.5, 0.6) is 0 Å². The molecule has 12 nitrogen and oxygen atoms in total. The van der Waals surface area contributed by atoms with Gasteiger partial charge in [0.2, 0.25) is 5.78 Å². The Morgan fingerprint density at radius 1 is 0.838 bits per heavy atom. The number of hydrogen-bond donors (Lipinski definition) is 1. The minimum Gasteiger partial charge on any atom is -0.463 e. The minimum atomic E-state index is -1.42. The molecule has 198 valence electrons. The van der Waals surface area contributed by atoms with Crippen LogP contribution < -0.4 is 0 Å². The molecule has 1 saturated heterocycles. The number of esters is 4. The van der Waals surface area contributed by atoms with Crippen molar-refractivity contribution in [2.45, 2.75) is 62.8 Å². The fraction of sp³-hybridized carbons (Fsp3) is 0.458. The summed E-state index contributed by atoms with van der Waals surface area (Å²) < 4.78 is 27.1. The van der Waals surface area contributed by atoms with E-state index < -0.39 is 82.9 Å². The average molecular weight is 536 g/mol. The van der Waals surface area contributed by atoms with Gasteiger partial charge in [0.15, 0.2) is 24.1 Å².